The molecule has 1 aliphatic rings. The molecule has 1 aromatic carbocycles. The summed E-state index contributed by atoms with van der Waals surface area (Å²) in [6.45, 7) is 3.68. The third-order valence-corrected chi connectivity index (χ3v) is 4.92. The molecule has 3 heterocycles. The van der Waals surface area contributed by atoms with Crippen molar-refractivity contribution in [2.45, 2.75) is 42.6 Å². The third-order valence-electron chi connectivity index (χ3n) is 3.86. The number of hydrogen-bond donors (Lipinski definition) is 2. The number of benzene rings is 1. The minimum Gasteiger partial charge on any atom is -0.366 e. The predicted molar refractivity (Wildman–Crippen MR) is 89.0 cm³/mol. The molecule has 6 nitrogen and oxygen atoms in total. The maximum Gasteiger partial charge on any atom is 0.417 e. The summed E-state index contributed by atoms with van der Waals surface area (Å²) in [7, 11) is 0. The van der Waals surface area contributed by atoms with Crippen molar-refractivity contribution in [3.63, 3.8) is 0 Å². The smallest absolute Gasteiger partial charge is 0.366 e. The van der Waals surface area contributed by atoms with Gasteiger partial charge in [0.25, 0.3) is 0 Å². The first-order valence-electron chi connectivity index (χ1n) is 7.88. The van der Waals surface area contributed by atoms with Gasteiger partial charge in [-0.25, -0.2) is 9.67 Å². The summed E-state index contributed by atoms with van der Waals surface area (Å²) >= 11 is 1.15. The highest BCUT2D eigenvalue weighted by molar-refractivity contribution is 8.00. The quantitative estimate of drug-likeness (QED) is 0.530. The number of hydrogen-bond acceptors (Lipinski definition) is 5. The number of thioether (sulfide) groups is 1. The largest absolute Gasteiger partial charge is 0.417 e. The molecule has 26 heavy (non-hydrogen) atoms. The number of aromatic amines is 1. The van der Waals surface area contributed by atoms with Crippen LogP contribution in [-0.4, -0.2) is 36.4 Å². The number of epoxide rings is 1. The van der Waals surface area contributed by atoms with Gasteiger partial charge in [-0.2, -0.15) is 18.3 Å². The van der Waals surface area contributed by atoms with E-state index in [9.17, 15) is 18.3 Å². The van der Waals surface area contributed by atoms with Gasteiger partial charge in [0, 0.05) is 21.9 Å². The van der Waals surface area contributed by atoms with E-state index in [-0.39, 0.29) is 15.7 Å². The van der Waals surface area contributed by atoms with Gasteiger partial charge in [0.1, 0.15) is 6.10 Å². The molecule has 0 amide bonds. The van der Waals surface area contributed by atoms with Gasteiger partial charge < -0.3 is 14.8 Å². The van der Waals surface area contributed by atoms with Crippen LogP contribution in [0.4, 0.5) is 13.2 Å². The minimum absolute atomic E-state index is 0.00519. The number of halogens is 3. The monoisotopic (exact) mass is 384 g/mol. The van der Waals surface area contributed by atoms with Crippen LogP contribution < -0.4 is 0 Å². The number of nitrogens with zero attached hydrogens (tertiary/aromatic N) is 3. The van der Waals surface area contributed by atoms with Gasteiger partial charge in [-0.1, -0.05) is 13.8 Å². The number of rotatable bonds is 4. The zero-order valence-corrected chi connectivity index (χ0v) is 14.6. The number of aromatic nitrogens is 4. The number of aliphatic hydroxyl groups excluding tert-OH is 1. The van der Waals surface area contributed by atoms with Crippen molar-refractivity contribution in [3.8, 4) is 5.95 Å². The van der Waals surface area contributed by atoms with E-state index < -0.39 is 24.1 Å². The Morgan fingerprint density at radius 1 is 1.35 bits per heavy atom. The lowest BCUT2D eigenvalue weighted by atomic mass is 10.2. The molecule has 0 bridgehead atoms. The van der Waals surface area contributed by atoms with Crippen molar-refractivity contribution in [1.82, 2.24) is 19.7 Å². The summed E-state index contributed by atoms with van der Waals surface area (Å²) in [6, 6.07) is 2.52. The SMILES string of the molecule is CC(C)Sc1cc2nc(-n3cc(C4OC4O)cn3)[nH]c2cc1C(F)(F)F. The average Bonchev–Trinajstić information content (AvgIpc) is 2.97. The Hall–Kier alpha value is -2.04. The molecule has 3 aromatic rings. The Morgan fingerprint density at radius 3 is 2.69 bits per heavy atom. The lowest BCUT2D eigenvalue weighted by Gasteiger charge is -2.13. The van der Waals surface area contributed by atoms with E-state index in [1.54, 1.807) is 6.20 Å². The van der Waals surface area contributed by atoms with E-state index in [2.05, 4.69) is 15.1 Å². The number of fused-ring (bicyclic) bond motifs is 1. The van der Waals surface area contributed by atoms with Crippen LogP contribution in [0.1, 0.15) is 31.1 Å². The molecule has 0 radical (unpaired) electrons. The first kappa shape index (κ1) is 17.4. The van der Waals surface area contributed by atoms with E-state index >= 15 is 0 Å². The Morgan fingerprint density at radius 2 is 2.08 bits per heavy atom. The molecule has 1 aliphatic heterocycles. The minimum atomic E-state index is -4.45. The van der Waals surface area contributed by atoms with E-state index in [1.807, 2.05) is 13.8 Å². The molecule has 2 aromatic heterocycles. The molecule has 1 saturated heterocycles. The molecular formula is C16H15F3N4O2S. The number of aliphatic hydroxyl groups is 1. The van der Waals surface area contributed by atoms with Crippen LogP contribution in [0.2, 0.25) is 0 Å². The molecule has 2 unspecified atom stereocenters. The Balaban J connectivity index is 1.75. The summed E-state index contributed by atoms with van der Waals surface area (Å²) in [5.41, 5.74) is 0.690. The lowest BCUT2D eigenvalue weighted by Crippen LogP contribution is -2.07. The number of H-pyrrole nitrogens is 1. The second-order valence-corrected chi connectivity index (χ2v) is 7.87. The van der Waals surface area contributed by atoms with Crippen LogP contribution >= 0.6 is 11.8 Å². The summed E-state index contributed by atoms with van der Waals surface area (Å²) in [5, 5.41) is 13.4. The first-order chi connectivity index (χ1) is 12.2. The molecule has 4 rings (SSSR count). The maximum atomic E-state index is 13.4. The van der Waals surface area contributed by atoms with Gasteiger partial charge in [-0.3, -0.25) is 0 Å². The standard InChI is InChI=1S/C16H15F3N4O2S/c1-7(2)26-12-4-11-10(3-9(12)16(17,18)19)21-15(22-11)23-6-8(5-20-23)13-14(24)25-13/h3-7,13-14,24H,1-2H3,(H,21,22). The second kappa shape index (κ2) is 6.00. The van der Waals surface area contributed by atoms with E-state index in [0.717, 1.165) is 17.8 Å². The highest BCUT2D eigenvalue weighted by Crippen LogP contribution is 2.40. The van der Waals surface area contributed by atoms with Crippen LogP contribution in [0.25, 0.3) is 17.0 Å². The third kappa shape index (κ3) is 3.19. The molecule has 0 saturated carbocycles. The molecule has 1 fully saturated rings. The summed E-state index contributed by atoms with van der Waals surface area (Å²) in [4.78, 5) is 7.36. The number of ether oxygens (including phenoxy) is 1. The van der Waals surface area contributed by atoms with Crippen molar-refractivity contribution in [2.75, 3.05) is 0 Å². The predicted octanol–water partition coefficient (Wildman–Crippen LogP) is 3.66. The van der Waals surface area contributed by atoms with Crippen LogP contribution in [0.3, 0.4) is 0 Å². The van der Waals surface area contributed by atoms with Crippen LogP contribution in [0.5, 0.6) is 0 Å². The van der Waals surface area contributed by atoms with Crippen molar-refractivity contribution in [3.05, 3.63) is 35.7 Å². The first-order valence-corrected chi connectivity index (χ1v) is 8.76. The van der Waals surface area contributed by atoms with Gasteiger partial charge in [-0.05, 0) is 12.1 Å². The fourth-order valence-corrected chi connectivity index (χ4v) is 3.64. The number of nitrogens with one attached hydrogen (secondary N) is 1. The van der Waals surface area contributed by atoms with Gasteiger partial charge in [0.15, 0.2) is 6.29 Å². The molecule has 10 heteroatoms. The molecule has 138 valence electrons. The summed E-state index contributed by atoms with van der Waals surface area (Å²) < 4.78 is 46.5. The highest BCUT2D eigenvalue weighted by Gasteiger charge is 2.39. The fraction of sp³-hybridized carbons (Fsp3) is 0.375. The Kier molecular flexibility index (Phi) is 4.01. The zero-order valence-electron chi connectivity index (χ0n) is 13.8. The van der Waals surface area contributed by atoms with Crippen molar-refractivity contribution >= 4 is 22.8 Å². The molecule has 0 aliphatic carbocycles. The summed E-state index contributed by atoms with van der Waals surface area (Å²) in [5.74, 6) is 0.293. The van der Waals surface area contributed by atoms with Crippen molar-refractivity contribution in [2.24, 2.45) is 0 Å². The molecule has 2 N–H and O–H groups in total. The number of imidazole rings is 1. The van der Waals surface area contributed by atoms with Gasteiger partial charge in [0.05, 0.1) is 22.8 Å². The van der Waals surface area contributed by atoms with Crippen LogP contribution in [0.15, 0.2) is 29.4 Å². The van der Waals surface area contributed by atoms with E-state index in [0.29, 0.717) is 17.0 Å². The zero-order chi connectivity index (χ0) is 18.6. The summed E-state index contributed by atoms with van der Waals surface area (Å²) in [6.07, 6.45) is -2.57. The van der Waals surface area contributed by atoms with Crippen LogP contribution in [-0.2, 0) is 10.9 Å². The normalized spacial score (nSPS) is 20.3. The Labute approximate surface area is 150 Å². The van der Waals surface area contributed by atoms with Crippen molar-refractivity contribution < 1.29 is 23.0 Å². The van der Waals surface area contributed by atoms with Gasteiger partial charge >= 0.3 is 6.18 Å². The van der Waals surface area contributed by atoms with Crippen LogP contribution in [0, 0.1) is 0 Å². The van der Waals surface area contributed by atoms with E-state index in [1.165, 1.54) is 16.9 Å². The molecule has 2 atom stereocenters. The van der Waals surface area contributed by atoms with Gasteiger partial charge in [0.2, 0.25) is 5.95 Å². The maximum absolute atomic E-state index is 13.4. The number of alkyl halides is 3. The van der Waals surface area contributed by atoms with Crippen molar-refractivity contribution in [1.29, 1.82) is 0 Å². The van der Waals surface area contributed by atoms with E-state index in [4.69, 9.17) is 4.74 Å². The van der Waals surface area contributed by atoms with Gasteiger partial charge in [-0.15, -0.1) is 11.8 Å². The highest BCUT2D eigenvalue weighted by atomic mass is 32.2. The lowest BCUT2D eigenvalue weighted by molar-refractivity contribution is -0.139. The molecule has 0 spiro atoms. The fourth-order valence-electron chi connectivity index (χ4n) is 2.65. The topological polar surface area (TPSA) is 79.3 Å². The average molecular weight is 384 g/mol. The Bertz CT molecular complexity index is 966. The molecular weight excluding hydrogens is 369 g/mol. The second-order valence-electron chi connectivity index (χ2n) is 6.26.